The number of halogens is 2. The van der Waals surface area contributed by atoms with Gasteiger partial charge in [0.2, 0.25) is 0 Å². The molecule has 1 unspecified atom stereocenters. The maximum atomic E-state index is 12.5. The van der Waals surface area contributed by atoms with Gasteiger partial charge in [0.05, 0.1) is 5.56 Å². The highest BCUT2D eigenvalue weighted by Gasteiger charge is 2.24. The molecule has 1 aliphatic heterocycles. The Morgan fingerprint density at radius 2 is 2.33 bits per heavy atom. The van der Waals surface area contributed by atoms with Crippen LogP contribution in [0.1, 0.15) is 23.2 Å². The van der Waals surface area contributed by atoms with E-state index >= 15 is 0 Å². The largest absolute Gasteiger partial charge is 0.337 e. The van der Waals surface area contributed by atoms with Crippen LogP contribution in [0.2, 0.25) is 0 Å². The smallest absolute Gasteiger partial charge is 0.255 e. The van der Waals surface area contributed by atoms with Crippen molar-refractivity contribution in [3.05, 3.63) is 31.8 Å². The van der Waals surface area contributed by atoms with E-state index in [0.29, 0.717) is 6.04 Å². The number of piperidine rings is 1. The molecule has 0 saturated carbocycles. The lowest BCUT2D eigenvalue weighted by molar-refractivity contribution is 0.0707. The Morgan fingerprint density at radius 3 is 3.00 bits per heavy atom. The van der Waals surface area contributed by atoms with Crippen LogP contribution in [-0.4, -0.2) is 37.0 Å². The van der Waals surface area contributed by atoms with E-state index in [1.807, 2.05) is 30.1 Å². The molecule has 0 aromatic heterocycles. The number of rotatable bonds is 2. The third-order valence-corrected chi connectivity index (χ3v) is 4.66. The molecule has 1 saturated heterocycles. The van der Waals surface area contributed by atoms with E-state index < -0.39 is 0 Å². The second kappa shape index (κ2) is 6.34. The lowest BCUT2D eigenvalue weighted by atomic mass is 10.1. The first kappa shape index (κ1) is 14.3. The van der Waals surface area contributed by atoms with Crippen LogP contribution in [0.5, 0.6) is 0 Å². The lowest BCUT2D eigenvalue weighted by Gasteiger charge is -2.32. The third kappa shape index (κ3) is 3.24. The second-order valence-corrected chi connectivity index (χ2v) is 6.64. The zero-order valence-electron chi connectivity index (χ0n) is 10.2. The van der Waals surface area contributed by atoms with Gasteiger partial charge in [-0.05, 0) is 76.1 Å². The first-order valence-electron chi connectivity index (χ1n) is 6.02. The summed E-state index contributed by atoms with van der Waals surface area (Å²) in [6.45, 7) is 1.95. The van der Waals surface area contributed by atoms with Crippen molar-refractivity contribution in [1.29, 1.82) is 0 Å². The molecule has 1 atom stereocenters. The van der Waals surface area contributed by atoms with Crippen molar-refractivity contribution in [2.45, 2.75) is 18.9 Å². The number of hydrogen-bond donors (Lipinski definition) is 1. The molecule has 0 radical (unpaired) electrons. The number of likely N-dealkylation sites (N-methyl/N-ethyl adjacent to an activating group) is 1. The van der Waals surface area contributed by atoms with E-state index in [1.165, 1.54) is 0 Å². The fourth-order valence-electron chi connectivity index (χ4n) is 2.18. The molecule has 0 aliphatic carbocycles. The van der Waals surface area contributed by atoms with Gasteiger partial charge in [0.15, 0.2) is 0 Å². The number of hydrogen-bond acceptors (Lipinski definition) is 2. The number of benzene rings is 1. The maximum absolute atomic E-state index is 12.5. The Kier molecular flexibility index (Phi) is 5.03. The van der Waals surface area contributed by atoms with E-state index in [-0.39, 0.29) is 5.91 Å². The van der Waals surface area contributed by atoms with Gasteiger partial charge in [0.1, 0.15) is 0 Å². The Bertz CT molecular complexity index is 447. The van der Waals surface area contributed by atoms with Crippen LogP contribution in [0.15, 0.2) is 22.7 Å². The molecule has 1 amide bonds. The molecule has 5 heteroatoms. The third-order valence-electron chi connectivity index (χ3n) is 3.30. The molecule has 2 rings (SSSR count). The SMILES string of the molecule is CN(C(=O)c1cc(I)ccc1Br)C1CCCNC1. The first-order valence-corrected chi connectivity index (χ1v) is 7.89. The molecule has 0 spiro atoms. The minimum atomic E-state index is 0.0918. The van der Waals surface area contributed by atoms with E-state index in [9.17, 15) is 4.79 Å². The van der Waals surface area contributed by atoms with Crippen LogP contribution in [0.25, 0.3) is 0 Å². The van der Waals surface area contributed by atoms with E-state index in [1.54, 1.807) is 0 Å². The number of carbonyl (C=O) groups excluding carboxylic acids is 1. The Labute approximate surface area is 130 Å². The quantitative estimate of drug-likeness (QED) is 0.743. The van der Waals surface area contributed by atoms with Crippen molar-refractivity contribution in [1.82, 2.24) is 10.2 Å². The summed E-state index contributed by atoms with van der Waals surface area (Å²) < 4.78 is 1.94. The fourth-order valence-corrected chi connectivity index (χ4v) is 3.09. The van der Waals surface area contributed by atoms with E-state index in [0.717, 1.165) is 39.5 Å². The Morgan fingerprint density at radius 1 is 1.56 bits per heavy atom. The van der Waals surface area contributed by atoms with Gasteiger partial charge in [0, 0.05) is 27.7 Å². The highest BCUT2D eigenvalue weighted by Crippen LogP contribution is 2.22. The van der Waals surface area contributed by atoms with Gasteiger partial charge in [0.25, 0.3) is 5.91 Å². The van der Waals surface area contributed by atoms with Gasteiger partial charge in [-0.3, -0.25) is 4.79 Å². The molecule has 18 heavy (non-hydrogen) atoms. The van der Waals surface area contributed by atoms with E-state index in [4.69, 9.17) is 0 Å². The summed E-state index contributed by atoms with van der Waals surface area (Å²) in [6, 6.07) is 6.15. The van der Waals surface area contributed by atoms with E-state index in [2.05, 4.69) is 43.8 Å². The average Bonchev–Trinajstić information content (AvgIpc) is 2.41. The monoisotopic (exact) mass is 422 g/mol. The summed E-state index contributed by atoms with van der Waals surface area (Å²) in [5.74, 6) is 0.0918. The fraction of sp³-hybridized carbons (Fsp3) is 0.462. The normalized spacial score (nSPS) is 19.6. The summed E-state index contributed by atoms with van der Waals surface area (Å²) in [5, 5.41) is 3.34. The number of amides is 1. The Hall–Kier alpha value is -0.140. The zero-order chi connectivity index (χ0) is 13.1. The van der Waals surface area contributed by atoms with Crippen molar-refractivity contribution in [3.63, 3.8) is 0 Å². The molecular weight excluding hydrogens is 407 g/mol. The summed E-state index contributed by atoms with van der Waals surface area (Å²) in [4.78, 5) is 14.3. The van der Waals surface area contributed by atoms with Crippen LogP contribution < -0.4 is 5.32 Å². The summed E-state index contributed by atoms with van der Waals surface area (Å²) in [6.07, 6.45) is 2.21. The maximum Gasteiger partial charge on any atom is 0.255 e. The lowest BCUT2D eigenvalue weighted by Crippen LogP contribution is -2.46. The van der Waals surface area contributed by atoms with Crippen LogP contribution in [0.4, 0.5) is 0 Å². The summed E-state index contributed by atoms with van der Waals surface area (Å²) in [5.41, 5.74) is 0.745. The van der Waals surface area contributed by atoms with Gasteiger partial charge in [-0.2, -0.15) is 0 Å². The highest BCUT2D eigenvalue weighted by molar-refractivity contribution is 14.1. The molecule has 3 nitrogen and oxygen atoms in total. The Balaban J connectivity index is 2.16. The number of carbonyl (C=O) groups is 1. The van der Waals surface area contributed by atoms with Crippen LogP contribution >= 0.6 is 38.5 Å². The molecule has 1 N–H and O–H groups in total. The van der Waals surface area contributed by atoms with Gasteiger partial charge in [-0.25, -0.2) is 0 Å². The molecule has 1 heterocycles. The minimum Gasteiger partial charge on any atom is -0.337 e. The van der Waals surface area contributed by atoms with Crippen molar-refractivity contribution in [2.24, 2.45) is 0 Å². The van der Waals surface area contributed by atoms with Gasteiger partial charge < -0.3 is 10.2 Å². The van der Waals surface area contributed by atoms with Gasteiger partial charge >= 0.3 is 0 Å². The standard InChI is InChI=1S/C13H16BrIN2O/c1-17(10-3-2-6-16-8-10)13(18)11-7-9(15)4-5-12(11)14/h4-5,7,10,16H,2-3,6,8H2,1H3. The molecule has 1 aromatic carbocycles. The highest BCUT2D eigenvalue weighted by atomic mass is 127. The van der Waals surface area contributed by atoms with Gasteiger partial charge in [-0.15, -0.1) is 0 Å². The van der Waals surface area contributed by atoms with Crippen molar-refractivity contribution >= 4 is 44.4 Å². The topological polar surface area (TPSA) is 32.3 Å². The molecular formula is C13H16BrIN2O. The second-order valence-electron chi connectivity index (χ2n) is 4.54. The predicted octanol–water partition coefficient (Wildman–Crippen LogP) is 2.88. The molecule has 1 aliphatic rings. The average molecular weight is 423 g/mol. The van der Waals surface area contributed by atoms with Crippen LogP contribution in [-0.2, 0) is 0 Å². The summed E-state index contributed by atoms with van der Waals surface area (Å²) in [7, 11) is 1.90. The number of nitrogens with zero attached hydrogens (tertiary/aromatic N) is 1. The van der Waals surface area contributed by atoms with Crippen molar-refractivity contribution in [3.8, 4) is 0 Å². The van der Waals surface area contributed by atoms with Crippen molar-refractivity contribution in [2.75, 3.05) is 20.1 Å². The first-order chi connectivity index (χ1) is 8.59. The molecule has 0 bridgehead atoms. The predicted molar refractivity (Wildman–Crippen MR) is 84.8 cm³/mol. The summed E-state index contributed by atoms with van der Waals surface area (Å²) >= 11 is 5.69. The zero-order valence-corrected chi connectivity index (χ0v) is 14.0. The molecule has 1 aromatic rings. The minimum absolute atomic E-state index is 0.0918. The molecule has 98 valence electrons. The van der Waals surface area contributed by atoms with Gasteiger partial charge in [-0.1, -0.05) is 0 Å². The van der Waals surface area contributed by atoms with Crippen molar-refractivity contribution < 1.29 is 4.79 Å². The van der Waals surface area contributed by atoms with Crippen LogP contribution in [0.3, 0.4) is 0 Å². The van der Waals surface area contributed by atoms with Crippen LogP contribution in [0, 0.1) is 3.57 Å². The molecule has 1 fully saturated rings. The number of nitrogens with one attached hydrogen (secondary N) is 1.